The third kappa shape index (κ3) is 5.33. The van der Waals surface area contributed by atoms with Crippen molar-refractivity contribution >= 4 is 0 Å². The van der Waals surface area contributed by atoms with Gasteiger partial charge in [0.1, 0.15) is 0 Å². The van der Waals surface area contributed by atoms with Gasteiger partial charge in [-0.15, -0.1) is 0 Å². The molecule has 0 aromatic heterocycles. The van der Waals surface area contributed by atoms with E-state index in [1.54, 1.807) is 0 Å². The molecule has 13 heavy (non-hydrogen) atoms. The largest absolute Gasteiger partial charge is 0.0654 e. The Bertz CT molecular complexity index is 107. The Labute approximate surface area is 85.1 Å². The lowest BCUT2D eigenvalue weighted by Crippen LogP contribution is -2.13. The molecule has 0 aliphatic carbocycles. The van der Waals surface area contributed by atoms with E-state index in [1.807, 2.05) is 0 Å². The summed E-state index contributed by atoms with van der Waals surface area (Å²) in [5.41, 5.74) is 0. The van der Waals surface area contributed by atoms with Crippen LogP contribution < -0.4 is 0 Å². The molecule has 0 fully saturated rings. The van der Waals surface area contributed by atoms with E-state index in [4.69, 9.17) is 0 Å². The van der Waals surface area contributed by atoms with Crippen LogP contribution >= 0.6 is 0 Å². The molecule has 0 radical (unpaired) electrons. The lowest BCUT2D eigenvalue weighted by Gasteiger charge is -2.24. The lowest BCUT2D eigenvalue weighted by atomic mass is 9.82. The van der Waals surface area contributed by atoms with Gasteiger partial charge in [0.05, 0.1) is 0 Å². The number of hydrogen-bond donors (Lipinski definition) is 0. The maximum absolute atomic E-state index is 2.44. The molecule has 0 nitrogen and oxygen atoms in total. The molecule has 0 heterocycles. The molecule has 80 valence electrons. The van der Waals surface area contributed by atoms with Crippen LogP contribution in [0.25, 0.3) is 0 Å². The summed E-state index contributed by atoms with van der Waals surface area (Å²) in [6.07, 6.45) is 6.91. The minimum absolute atomic E-state index is 0.918. The van der Waals surface area contributed by atoms with Crippen LogP contribution in [0.3, 0.4) is 0 Å². The zero-order chi connectivity index (χ0) is 10.3. The van der Waals surface area contributed by atoms with Crippen molar-refractivity contribution in [3.63, 3.8) is 0 Å². The Kier molecular flexibility index (Phi) is 7.41. The molecule has 0 N–H and O–H groups in total. The second kappa shape index (κ2) is 7.41. The highest BCUT2D eigenvalue weighted by atomic mass is 14.2. The summed E-state index contributed by atoms with van der Waals surface area (Å²) in [7, 11) is 0. The van der Waals surface area contributed by atoms with Crippen LogP contribution in [-0.4, -0.2) is 0 Å². The van der Waals surface area contributed by atoms with E-state index in [1.165, 1.54) is 32.1 Å². The van der Waals surface area contributed by atoms with Crippen LogP contribution in [-0.2, 0) is 0 Å². The van der Waals surface area contributed by atoms with Crippen LogP contribution in [0.4, 0.5) is 0 Å². The van der Waals surface area contributed by atoms with Gasteiger partial charge < -0.3 is 0 Å². The molecule has 0 aliphatic rings. The summed E-state index contributed by atoms with van der Waals surface area (Å²) in [6.45, 7) is 11.8. The third-order valence-electron chi connectivity index (χ3n) is 3.46. The zero-order valence-corrected chi connectivity index (χ0v) is 10.3. The van der Waals surface area contributed by atoms with Crippen LogP contribution in [0.2, 0.25) is 0 Å². The summed E-state index contributed by atoms with van der Waals surface area (Å²) in [5, 5.41) is 0. The molecule has 0 aromatic rings. The molecule has 3 atom stereocenters. The highest BCUT2D eigenvalue weighted by Crippen LogP contribution is 2.27. The molecule has 0 aliphatic heterocycles. The normalized spacial score (nSPS) is 18.2. The molecule has 0 saturated carbocycles. The Balaban J connectivity index is 3.82. The van der Waals surface area contributed by atoms with E-state index in [9.17, 15) is 0 Å². The van der Waals surface area contributed by atoms with Crippen molar-refractivity contribution in [3.8, 4) is 0 Å². The first kappa shape index (κ1) is 13.0. The Morgan fingerprint density at radius 3 is 1.92 bits per heavy atom. The fraction of sp³-hybridized carbons (Fsp3) is 1.00. The molecular weight excluding hydrogens is 156 g/mol. The third-order valence-corrected chi connectivity index (χ3v) is 3.46. The standard InChI is InChI=1S/C13H28/c1-6-9-13(8-3)12(5)10-11(4)7-2/h11-13H,6-10H2,1-5H3. The van der Waals surface area contributed by atoms with E-state index < -0.39 is 0 Å². The van der Waals surface area contributed by atoms with Crippen molar-refractivity contribution in [1.29, 1.82) is 0 Å². The predicted octanol–water partition coefficient (Wildman–Crippen LogP) is 4.89. The number of hydrogen-bond acceptors (Lipinski definition) is 0. The highest BCUT2D eigenvalue weighted by molar-refractivity contribution is 4.67. The van der Waals surface area contributed by atoms with E-state index >= 15 is 0 Å². The molecule has 0 saturated heterocycles. The Morgan fingerprint density at radius 1 is 0.923 bits per heavy atom. The molecular formula is C13H28. The Morgan fingerprint density at radius 2 is 1.54 bits per heavy atom. The lowest BCUT2D eigenvalue weighted by molar-refractivity contribution is 0.269. The quantitative estimate of drug-likeness (QED) is 0.528. The van der Waals surface area contributed by atoms with Crippen molar-refractivity contribution in [2.24, 2.45) is 17.8 Å². The van der Waals surface area contributed by atoms with E-state index in [0.29, 0.717) is 0 Å². The van der Waals surface area contributed by atoms with E-state index in [2.05, 4.69) is 34.6 Å². The van der Waals surface area contributed by atoms with Gasteiger partial charge in [-0.05, 0) is 24.2 Å². The molecule has 0 rings (SSSR count). The average Bonchev–Trinajstić information content (AvgIpc) is 2.13. The molecule has 0 heteroatoms. The highest BCUT2D eigenvalue weighted by Gasteiger charge is 2.16. The summed E-state index contributed by atoms with van der Waals surface area (Å²) in [6, 6.07) is 0. The van der Waals surface area contributed by atoms with Gasteiger partial charge in [0, 0.05) is 0 Å². The monoisotopic (exact) mass is 184 g/mol. The van der Waals surface area contributed by atoms with Gasteiger partial charge in [-0.25, -0.2) is 0 Å². The van der Waals surface area contributed by atoms with Crippen molar-refractivity contribution in [2.75, 3.05) is 0 Å². The van der Waals surface area contributed by atoms with E-state index in [0.717, 1.165) is 17.8 Å². The predicted molar refractivity (Wildman–Crippen MR) is 61.9 cm³/mol. The van der Waals surface area contributed by atoms with E-state index in [-0.39, 0.29) is 0 Å². The van der Waals surface area contributed by atoms with Gasteiger partial charge in [-0.3, -0.25) is 0 Å². The second-order valence-corrected chi connectivity index (χ2v) is 4.68. The molecule has 0 aromatic carbocycles. The van der Waals surface area contributed by atoms with Gasteiger partial charge >= 0.3 is 0 Å². The van der Waals surface area contributed by atoms with Crippen LogP contribution in [0.5, 0.6) is 0 Å². The van der Waals surface area contributed by atoms with Crippen LogP contribution in [0, 0.1) is 17.8 Å². The first-order valence-electron chi connectivity index (χ1n) is 6.15. The summed E-state index contributed by atoms with van der Waals surface area (Å²) < 4.78 is 0. The van der Waals surface area contributed by atoms with Crippen molar-refractivity contribution in [2.45, 2.75) is 66.7 Å². The topological polar surface area (TPSA) is 0 Å². The van der Waals surface area contributed by atoms with Crippen LogP contribution in [0.1, 0.15) is 66.7 Å². The van der Waals surface area contributed by atoms with Crippen molar-refractivity contribution in [1.82, 2.24) is 0 Å². The number of rotatable bonds is 7. The van der Waals surface area contributed by atoms with Crippen LogP contribution in [0.15, 0.2) is 0 Å². The second-order valence-electron chi connectivity index (χ2n) is 4.68. The van der Waals surface area contributed by atoms with Crippen molar-refractivity contribution in [3.05, 3.63) is 0 Å². The molecule has 0 amide bonds. The van der Waals surface area contributed by atoms with Crippen molar-refractivity contribution < 1.29 is 0 Å². The summed E-state index contributed by atoms with van der Waals surface area (Å²) >= 11 is 0. The first-order valence-corrected chi connectivity index (χ1v) is 6.15. The molecule has 0 bridgehead atoms. The minimum Gasteiger partial charge on any atom is -0.0654 e. The zero-order valence-electron chi connectivity index (χ0n) is 10.3. The van der Waals surface area contributed by atoms with Gasteiger partial charge in [0.15, 0.2) is 0 Å². The minimum atomic E-state index is 0.918. The fourth-order valence-electron chi connectivity index (χ4n) is 2.26. The SMILES string of the molecule is CCCC(CC)C(C)CC(C)CC. The molecule has 0 spiro atoms. The first-order chi connectivity index (χ1) is 6.15. The summed E-state index contributed by atoms with van der Waals surface area (Å²) in [5.74, 6) is 2.82. The summed E-state index contributed by atoms with van der Waals surface area (Å²) in [4.78, 5) is 0. The van der Waals surface area contributed by atoms with Gasteiger partial charge in [-0.2, -0.15) is 0 Å². The smallest absolute Gasteiger partial charge is 0.0391 e. The Hall–Kier alpha value is 0. The molecule has 3 unspecified atom stereocenters. The van der Waals surface area contributed by atoms with Gasteiger partial charge in [0.25, 0.3) is 0 Å². The maximum Gasteiger partial charge on any atom is -0.0391 e. The maximum atomic E-state index is 2.44. The average molecular weight is 184 g/mol. The van der Waals surface area contributed by atoms with Gasteiger partial charge in [-0.1, -0.05) is 60.3 Å². The van der Waals surface area contributed by atoms with Gasteiger partial charge in [0.2, 0.25) is 0 Å². The fourth-order valence-corrected chi connectivity index (χ4v) is 2.26.